The molecule has 0 fully saturated rings. The normalized spacial score (nSPS) is 16.7. The molecule has 1 aromatic heterocycles. The molecule has 4 rings (SSSR count). The molecule has 226 valence electrons. The van der Waals surface area contributed by atoms with Gasteiger partial charge < -0.3 is 5.32 Å². The molecule has 0 spiro atoms. The monoisotopic (exact) mass is 565 g/mol. The van der Waals surface area contributed by atoms with Crippen molar-refractivity contribution in [2.24, 2.45) is 11.8 Å². The van der Waals surface area contributed by atoms with Crippen molar-refractivity contribution in [3.8, 4) is 11.3 Å². The second-order valence-electron chi connectivity index (χ2n) is 12.5. The molecule has 1 aliphatic rings. The van der Waals surface area contributed by atoms with Crippen molar-refractivity contribution in [2.45, 2.75) is 106 Å². The van der Waals surface area contributed by atoms with Crippen molar-refractivity contribution in [1.29, 1.82) is 0 Å². The number of aromatic nitrogens is 1. The van der Waals surface area contributed by atoms with Crippen molar-refractivity contribution < 1.29 is 0 Å². The summed E-state index contributed by atoms with van der Waals surface area (Å²) in [4.78, 5) is 5.36. The van der Waals surface area contributed by atoms with Crippen LogP contribution in [0.15, 0.2) is 84.5 Å². The molecule has 1 aliphatic heterocycles. The van der Waals surface area contributed by atoms with Crippen molar-refractivity contribution in [1.82, 2.24) is 10.3 Å². The topological polar surface area (TPSA) is 37.0 Å². The van der Waals surface area contributed by atoms with E-state index in [1.807, 2.05) is 13.8 Å². The van der Waals surface area contributed by atoms with E-state index < -0.39 is 0 Å². The van der Waals surface area contributed by atoms with E-state index in [9.17, 15) is 0 Å². The zero-order valence-corrected chi connectivity index (χ0v) is 27.8. The van der Waals surface area contributed by atoms with E-state index in [1.165, 1.54) is 33.5 Å². The number of nitrogens with zero attached hydrogens (tertiary/aromatic N) is 1. The van der Waals surface area contributed by atoms with Gasteiger partial charge in [-0.15, -0.1) is 0 Å². The van der Waals surface area contributed by atoms with Gasteiger partial charge in [-0.05, 0) is 73.3 Å². The van der Waals surface area contributed by atoms with E-state index in [2.05, 4.69) is 145 Å². The number of rotatable bonds is 10. The van der Waals surface area contributed by atoms with Crippen LogP contribution in [0.4, 0.5) is 5.69 Å². The molecule has 2 heterocycles. The van der Waals surface area contributed by atoms with Crippen LogP contribution in [0.1, 0.15) is 110 Å². The second-order valence-corrected chi connectivity index (χ2v) is 12.5. The number of para-hydroxylation sites is 1. The Morgan fingerprint density at radius 2 is 1.60 bits per heavy atom. The molecular formula is C39H55N3. The summed E-state index contributed by atoms with van der Waals surface area (Å²) in [5.74, 6) is 1.39. The lowest BCUT2D eigenvalue weighted by Crippen LogP contribution is -2.36. The molecule has 0 aliphatic carbocycles. The first kappa shape index (κ1) is 33.3. The zero-order chi connectivity index (χ0) is 30.8. The smallest absolute Gasteiger partial charge is 0.0759 e. The fourth-order valence-corrected chi connectivity index (χ4v) is 5.46. The highest BCUT2D eigenvalue weighted by molar-refractivity contribution is 5.79. The fourth-order valence-electron chi connectivity index (χ4n) is 5.46. The summed E-state index contributed by atoms with van der Waals surface area (Å²) in [6, 6.07) is 22.6. The van der Waals surface area contributed by atoms with E-state index in [1.54, 1.807) is 0 Å². The third kappa shape index (κ3) is 8.44. The Hall–Kier alpha value is -3.17. The van der Waals surface area contributed by atoms with Crippen LogP contribution in [0.5, 0.6) is 0 Å². The average molecular weight is 566 g/mol. The second kappa shape index (κ2) is 15.9. The summed E-state index contributed by atoms with van der Waals surface area (Å²) in [6.07, 6.45) is 9.08. The Labute approximate surface area is 257 Å². The van der Waals surface area contributed by atoms with Gasteiger partial charge >= 0.3 is 0 Å². The molecule has 42 heavy (non-hydrogen) atoms. The Kier molecular flexibility index (Phi) is 12.6. The van der Waals surface area contributed by atoms with Crippen molar-refractivity contribution >= 4 is 5.69 Å². The minimum absolute atomic E-state index is 0.0304. The number of fused-ring (bicyclic) bond motifs is 1. The number of benzene rings is 2. The van der Waals surface area contributed by atoms with Gasteiger partial charge in [-0.25, -0.2) is 0 Å². The van der Waals surface area contributed by atoms with Crippen molar-refractivity contribution in [3.63, 3.8) is 0 Å². The standard InChI is InChI=1S/C37H49N3.C2H6/c1-24(2)27(7)14-11-19-33(26(5)6)40-37(31-17-10-9-16-30(31)25(3)4)35-21-13-20-34(39-35)32-18-12-15-29-23-22-28(8)38-36(29)32;1-2/h9-21,24-26,28,33,37-38,40H,22-23H2,1-8H3;1-2H3/b19-11-,27-14+;. The molecule has 2 aromatic carbocycles. The first-order valence-corrected chi connectivity index (χ1v) is 16.2. The van der Waals surface area contributed by atoms with E-state index in [4.69, 9.17) is 4.98 Å². The van der Waals surface area contributed by atoms with Gasteiger partial charge in [-0.2, -0.15) is 0 Å². The SMILES string of the molecule is C/C(=C\C=C/C(NC(c1cccc(-c2cccc3c2NC(C)CC3)n1)c1ccccc1C(C)C)C(C)C)C(C)C.CC. The Morgan fingerprint density at radius 1 is 0.905 bits per heavy atom. The lowest BCUT2D eigenvalue weighted by Gasteiger charge is -2.29. The van der Waals surface area contributed by atoms with Crippen LogP contribution in [0.3, 0.4) is 0 Å². The predicted molar refractivity (Wildman–Crippen MR) is 184 cm³/mol. The highest BCUT2D eigenvalue weighted by atomic mass is 15.0. The molecule has 3 heteroatoms. The summed E-state index contributed by atoms with van der Waals surface area (Å²) in [5.41, 5.74) is 9.96. The van der Waals surface area contributed by atoms with Crippen LogP contribution in [0, 0.1) is 11.8 Å². The number of pyridine rings is 1. The van der Waals surface area contributed by atoms with Gasteiger partial charge in [0.15, 0.2) is 0 Å². The molecule has 3 nitrogen and oxygen atoms in total. The molecule has 0 amide bonds. The summed E-state index contributed by atoms with van der Waals surface area (Å²) in [5, 5.41) is 7.79. The maximum absolute atomic E-state index is 5.36. The van der Waals surface area contributed by atoms with Gasteiger partial charge in [0, 0.05) is 23.3 Å². The first-order valence-electron chi connectivity index (χ1n) is 16.2. The number of anilines is 1. The minimum atomic E-state index is -0.0304. The van der Waals surface area contributed by atoms with Gasteiger partial charge in [-0.1, -0.05) is 128 Å². The van der Waals surface area contributed by atoms with E-state index in [0.29, 0.717) is 23.8 Å². The largest absolute Gasteiger partial charge is 0.382 e. The van der Waals surface area contributed by atoms with Gasteiger partial charge in [0.2, 0.25) is 0 Å². The van der Waals surface area contributed by atoms with E-state index >= 15 is 0 Å². The number of aryl methyl sites for hydroxylation is 1. The predicted octanol–water partition coefficient (Wildman–Crippen LogP) is 10.5. The number of hydrogen-bond donors (Lipinski definition) is 2. The highest BCUT2D eigenvalue weighted by Gasteiger charge is 2.25. The number of hydrogen-bond acceptors (Lipinski definition) is 3. The Morgan fingerprint density at radius 3 is 2.26 bits per heavy atom. The van der Waals surface area contributed by atoms with Crippen LogP contribution >= 0.6 is 0 Å². The lowest BCUT2D eigenvalue weighted by atomic mass is 9.89. The highest BCUT2D eigenvalue weighted by Crippen LogP contribution is 2.36. The number of allylic oxidation sites excluding steroid dienone is 3. The molecule has 0 radical (unpaired) electrons. The third-order valence-electron chi connectivity index (χ3n) is 8.33. The summed E-state index contributed by atoms with van der Waals surface area (Å²) in [6.45, 7) is 22.1. The molecule has 0 saturated heterocycles. The van der Waals surface area contributed by atoms with E-state index in [-0.39, 0.29) is 12.1 Å². The summed E-state index contributed by atoms with van der Waals surface area (Å²) in [7, 11) is 0. The van der Waals surface area contributed by atoms with Crippen LogP contribution in [0.2, 0.25) is 0 Å². The Balaban J connectivity index is 0.00000237. The lowest BCUT2D eigenvalue weighted by molar-refractivity contribution is 0.428. The average Bonchev–Trinajstić information content (AvgIpc) is 2.99. The molecular weight excluding hydrogens is 510 g/mol. The minimum Gasteiger partial charge on any atom is -0.382 e. The molecule has 0 saturated carbocycles. The quantitative estimate of drug-likeness (QED) is 0.240. The fraction of sp³-hybridized carbons (Fsp3) is 0.462. The maximum Gasteiger partial charge on any atom is 0.0759 e. The summed E-state index contributed by atoms with van der Waals surface area (Å²) < 4.78 is 0. The van der Waals surface area contributed by atoms with Crippen LogP contribution in [-0.4, -0.2) is 17.1 Å². The zero-order valence-electron chi connectivity index (χ0n) is 27.8. The number of nitrogens with one attached hydrogen (secondary N) is 2. The molecule has 2 N–H and O–H groups in total. The molecule has 3 unspecified atom stereocenters. The first-order chi connectivity index (χ1) is 20.2. The van der Waals surface area contributed by atoms with Crippen molar-refractivity contribution in [2.75, 3.05) is 5.32 Å². The van der Waals surface area contributed by atoms with Gasteiger partial charge in [0.05, 0.1) is 17.4 Å². The van der Waals surface area contributed by atoms with Crippen LogP contribution in [-0.2, 0) is 6.42 Å². The van der Waals surface area contributed by atoms with Crippen LogP contribution in [0.25, 0.3) is 11.3 Å². The van der Waals surface area contributed by atoms with Crippen LogP contribution < -0.4 is 10.6 Å². The maximum atomic E-state index is 5.36. The third-order valence-corrected chi connectivity index (χ3v) is 8.33. The molecule has 0 bridgehead atoms. The Bertz CT molecular complexity index is 1330. The van der Waals surface area contributed by atoms with Crippen molar-refractivity contribution in [3.05, 3.63) is 107 Å². The van der Waals surface area contributed by atoms with Gasteiger partial charge in [0.25, 0.3) is 0 Å². The molecule has 3 aromatic rings. The van der Waals surface area contributed by atoms with E-state index in [0.717, 1.165) is 24.2 Å². The van der Waals surface area contributed by atoms with Gasteiger partial charge in [0.1, 0.15) is 0 Å². The summed E-state index contributed by atoms with van der Waals surface area (Å²) >= 11 is 0. The molecule has 3 atom stereocenters. The van der Waals surface area contributed by atoms with Gasteiger partial charge in [-0.3, -0.25) is 10.3 Å².